The largest absolute Gasteiger partial charge is 0.511 e. The Morgan fingerprint density at radius 2 is 2.04 bits per heavy atom. The van der Waals surface area contributed by atoms with Gasteiger partial charge in [-0.25, -0.2) is 9.98 Å². The van der Waals surface area contributed by atoms with Crippen molar-refractivity contribution in [2.24, 2.45) is 10.4 Å². The quantitative estimate of drug-likeness (QED) is 0.792. The zero-order chi connectivity index (χ0) is 17.4. The Morgan fingerprint density at radius 3 is 2.57 bits per heavy atom. The molecule has 8 heteroatoms. The number of carbonyl (C=O) groups excluding carboxylic acids is 1. The maximum Gasteiger partial charge on any atom is 0.417 e. The summed E-state index contributed by atoms with van der Waals surface area (Å²) in [7, 11) is 0. The van der Waals surface area contributed by atoms with E-state index in [2.05, 4.69) is 9.98 Å². The van der Waals surface area contributed by atoms with Crippen molar-refractivity contribution >= 4 is 29.4 Å². The molecule has 1 heterocycles. The van der Waals surface area contributed by atoms with Crippen LogP contribution in [0.1, 0.15) is 32.3 Å². The molecule has 23 heavy (non-hydrogen) atoms. The number of allylic oxidation sites excluding steroid dienone is 2. The van der Waals surface area contributed by atoms with Crippen LogP contribution in [-0.4, -0.2) is 22.1 Å². The minimum Gasteiger partial charge on any atom is -0.511 e. The number of pyridine rings is 1. The number of aliphatic imine (C=N–C) groups is 1. The second-order valence-corrected chi connectivity index (χ2v) is 6.49. The molecule has 0 radical (unpaired) electrons. The van der Waals surface area contributed by atoms with Crippen LogP contribution in [0.15, 0.2) is 28.6 Å². The molecular formula is C15H14ClF3N2O2. The van der Waals surface area contributed by atoms with E-state index in [0.717, 1.165) is 6.21 Å². The molecule has 1 N–H and O–H groups in total. The van der Waals surface area contributed by atoms with Gasteiger partial charge in [0.2, 0.25) is 0 Å². The lowest BCUT2D eigenvalue weighted by Gasteiger charge is -2.28. The van der Waals surface area contributed by atoms with Crippen LogP contribution in [0.25, 0.3) is 0 Å². The van der Waals surface area contributed by atoms with Gasteiger partial charge < -0.3 is 5.11 Å². The number of Topliss-reactive ketones (excluding diaryl/α,β-unsaturated/α-hetero) is 1. The lowest BCUT2D eigenvalue weighted by Crippen LogP contribution is -2.26. The summed E-state index contributed by atoms with van der Waals surface area (Å²) in [6, 6.07) is 0.710. The smallest absolute Gasteiger partial charge is 0.417 e. The van der Waals surface area contributed by atoms with Crippen molar-refractivity contribution in [2.45, 2.75) is 32.9 Å². The van der Waals surface area contributed by atoms with Crippen LogP contribution in [0.3, 0.4) is 0 Å². The number of aliphatic hydroxyl groups excluding tert-OH is 1. The molecule has 124 valence electrons. The van der Waals surface area contributed by atoms with Crippen molar-refractivity contribution in [3.8, 4) is 0 Å². The predicted molar refractivity (Wildman–Crippen MR) is 80.1 cm³/mol. The maximum absolute atomic E-state index is 12.5. The summed E-state index contributed by atoms with van der Waals surface area (Å²) in [4.78, 5) is 19.4. The van der Waals surface area contributed by atoms with Crippen molar-refractivity contribution in [2.75, 3.05) is 0 Å². The summed E-state index contributed by atoms with van der Waals surface area (Å²) in [6.45, 7) is 3.70. The first-order valence-corrected chi connectivity index (χ1v) is 7.09. The maximum atomic E-state index is 12.5. The molecule has 0 unspecified atom stereocenters. The van der Waals surface area contributed by atoms with Gasteiger partial charge in [-0.3, -0.25) is 4.79 Å². The molecule has 1 aliphatic carbocycles. The Balaban J connectivity index is 2.29. The van der Waals surface area contributed by atoms with Crippen LogP contribution in [0.2, 0.25) is 5.02 Å². The van der Waals surface area contributed by atoms with Crippen LogP contribution < -0.4 is 0 Å². The Hall–Kier alpha value is -1.89. The van der Waals surface area contributed by atoms with Gasteiger partial charge in [-0.05, 0) is 11.5 Å². The van der Waals surface area contributed by atoms with Crippen LogP contribution in [0, 0.1) is 5.41 Å². The Morgan fingerprint density at radius 1 is 1.39 bits per heavy atom. The first-order valence-electron chi connectivity index (χ1n) is 6.72. The third-order valence-electron chi connectivity index (χ3n) is 3.36. The average Bonchev–Trinajstić information content (AvgIpc) is 2.36. The van der Waals surface area contributed by atoms with Crippen molar-refractivity contribution in [3.63, 3.8) is 0 Å². The fourth-order valence-electron chi connectivity index (χ4n) is 2.25. The third-order valence-corrected chi connectivity index (χ3v) is 3.64. The molecule has 0 bridgehead atoms. The summed E-state index contributed by atoms with van der Waals surface area (Å²) < 4.78 is 37.6. The van der Waals surface area contributed by atoms with Gasteiger partial charge >= 0.3 is 6.18 Å². The molecule has 0 atom stereocenters. The van der Waals surface area contributed by atoms with Crippen molar-refractivity contribution in [3.05, 3.63) is 34.2 Å². The van der Waals surface area contributed by atoms with E-state index in [1.54, 1.807) is 0 Å². The number of hydrogen-bond acceptors (Lipinski definition) is 4. The topological polar surface area (TPSA) is 62.5 Å². The highest BCUT2D eigenvalue weighted by Crippen LogP contribution is 2.36. The summed E-state index contributed by atoms with van der Waals surface area (Å²) in [5, 5.41) is 9.65. The lowest BCUT2D eigenvalue weighted by molar-refractivity contribution is -0.137. The second kappa shape index (κ2) is 5.96. The number of carbonyl (C=O) groups is 1. The molecule has 2 rings (SSSR count). The molecule has 0 aromatic carbocycles. The first kappa shape index (κ1) is 17.5. The molecule has 4 nitrogen and oxygen atoms in total. The van der Waals surface area contributed by atoms with Crippen LogP contribution in [0.5, 0.6) is 0 Å². The van der Waals surface area contributed by atoms with Crippen molar-refractivity contribution < 1.29 is 23.1 Å². The number of alkyl halides is 3. The highest BCUT2D eigenvalue weighted by Gasteiger charge is 2.33. The molecule has 0 saturated heterocycles. The van der Waals surface area contributed by atoms with E-state index in [1.807, 2.05) is 13.8 Å². The van der Waals surface area contributed by atoms with E-state index < -0.39 is 11.7 Å². The van der Waals surface area contributed by atoms with Crippen molar-refractivity contribution in [1.82, 2.24) is 4.98 Å². The Labute approximate surface area is 135 Å². The van der Waals surface area contributed by atoms with E-state index in [0.29, 0.717) is 18.7 Å². The molecule has 0 aliphatic heterocycles. The number of aliphatic hydroxyl groups is 1. The summed E-state index contributed by atoms with van der Waals surface area (Å²) >= 11 is 5.73. The van der Waals surface area contributed by atoms with Gasteiger partial charge in [0.1, 0.15) is 5.76 Å². The minimum absolute atomic E-state index is 0.0297. The molecule has 0 saturated carbocycles. The number of nitrogens with zero attached hydrogens (tertiary/aromatic N) is 2. The number of halogens is 4. The monoisotopic (exact) mass is 346 g/mol. The lowest BCUT2D eigenvalue weighted by atomic mass is 9.77. The van der Waals surface area contributed by atoms with Gasteiger partial charge in [0.25, 0.3) is 0 Å². The van der Waals surface area contributed by atoms with Gasteiger partial charge in [-0.2, -0.15) is 13.2 Å². The molecule has 1 aromatic heterocycles. The minimum atomic E-state index is -4.55. The summed E-state index contributed by atoms with van der Waals surface area (Å²) in [5.41, 5.74) is -1.30. The SMILES string of the molecule is CC1(C)CC(=O)C(/C=N/c2ncc(C(F)(F)F)cc2Cl)=C(O)C1. The fourth-order valence-corrected chi connectivity index (χ4v) is 2.47. The van der Waals surface area contributed by atoms with E-state index >= 15 is 0 Å². The van der Waals surface area contributed by atoms with Crippen LogP contribution in [-0.2, 0) is 11.0 Å². The molecule has 1 aromatic rings. The van der Waals surface area contributed by atoms with Gasteiger partial charge in [-0.1, -0.05) is 25.4 Å². The predicted octanol–water partition coefficient (Wildman–Crippen LogP) is 4.66. The number of ketones is 1. The number of hydrogen-bond donors (Lipinski definition) is 1. The normalized spacial score (nSPS) is 18.8. The summed E-state index contributed by atoms with van der Waals surface area (Å²) in [6.07, 6.45) is -2.29. The number of rotatable bonds is 2. The highest BCUT2D eigenvalue weighted by atomic mass is 35.5. The molecule has 0 fully saturated rings. The van der Waals surface area contributed by atoms with Crippen molar-refractivity contribution in [1.29, 1.82) is 0 Å². The van der Waals surface area contributed by atoms with E-state index in [4.69, 9.17) is 11.6 Å². The van der Waals surface area contributed by atoms with Crippen LogP contribution >= 0.6 is 11.6 Å². The average molecular weight is 347 g/mol. The molecular weight excluding hydrogens is 333 g/mol. The number of aromatic nitrogens is 1. The van der Waals surface area contributed by atoms with Gasteiger partial charge in [0.15, 0.2) is 11.6 Å². The van der Waals surface area contributed by atoms with Gasteiger partial charge in [-0.15, -0.1) is 0 Å². The zero-order valence-corrected chi connectivity index (χ0v) is 13.2. The van der Waals surface area contributed by atoms with E-state index in [-0.39, 0.29) is 39.8 Å². The van der Waals surface area contributed by atoms with Crippen LogP contribution in [0.4, 0.5) is 19.0 Å². The van der Waals surface area contributed by atoms with E-state index in [1.165, 1.54) is 0 Å². The molecule has 1 aliphatic rings. The second-order valence-electron chi connectivity index (χ2n) is 6.09. The standard InChI is InChI=1S/C15H14ClF3N2O2/c1-14(2)4-11(22)9(12(23)5-14)7-21-13-10(16)3-8(6-20-13)15(17,18)19/h3,6-7,22H,4-5H2,1-2H3/b21-7+. The Bertz CT molecular complexity index is 709. The van der Waals surface area contributed by atoms with Gasteiger partial charge in [0.05, 0.1) is 16.2 Å². The zero-order valence-electron chi connectivity index (χ0n) is 12.4. The fraction of sp³-hybridized carbons (Fsp3) is 0.400. The van der Waals surface area contributed by atoms with E-state index in [9.17, 15) is 23.1 Å². The molecule has 0 amide bonds. The first-order chi connectivity index (χ1) is 10.5. The summed E-state index contributed by atoms with van der Waals surface area (Å²) in [5.74, 6) is -0.541. The Kier molecular flexibility index (Phi) is 4.52. The van der Waals surface area contributed by atoms with Gasteiger partial charge in [0, 0.05) is 25.3 Å². The third kappa shape index (κ3) is 4.10. The highest BCUT2D eigenvalue weighted by molar-refractivity contribution is 6.33. The molecule has 0 spiro atoms.